The number of aromatic nitrogens is 6. The van der Waals surface area contributed by atoms with Crippen molar-refractivity contribution >= 4 is 28.4 Å². The fourth-order valence-corrected chi connectivity index (χ4v) is 4.36. The van der Waals surface area contributed by atoms with Crippen molar-refractivity contribution in [1.29, 1.82) is 0 Å². The van der Waals surface area contributed by atoms with Crippen LogP contribution < -0.4 is 5.56 Å². The van der Waals surface area contributed by atoms with Crippen LogP contribution in [0.15, 0.2) is 38.7 Å². The molecule has 1 aromatic carbocycles. The monoisotopic (exact) mass is 440 g/mol. The largest absolute Gasteiger partial charge is 0.338 e. The van der Waals surface area contributed by atoms with E-state index < -0.39 is 0 Å². The highest BCUT2D eigenvalue weighted by Crippen LogP contribution is 2.34. The standard InChI is InChI=1S/C22H28N6O2S/c1-5-6-11-18-23-19(30-26-18)15(4)31-22-25-24-21-27(13-12-14(2)3)20(29)16-9-7-8-10-17(16)28(21)22/h7-10,14-15H,5-6,11-13H2,1-4H3. The van der Waals surface area contributed by atoms with Crippen LogP contribution in [0.1, 0.15) is 63.9 Å². The third-order valence-corrected chi connectivity index (χ3v) is 6.31. The highest BCUT2D eigenvalue weighted by atomic mass is 32.2. The Morgan fingerprint density at radius 3 is 2.74 bits per heavy atom. The number of nitrogens with zero attached hydrogens (tertiary/aromatic N) is 6. The van der Waals surface area contributed by atoms with Gasteiger partial charge in [0.1, 0.15) is 0 Å². The topological polar surface area (TPSA) is 91.1 Å². The predicted octanol–water partition coefficient (Wildman–Crippen LogP) is 4.67. The molecule has 0 bridgehead atoms. The van der Waals surface area contributed by atoms with Crippen LogP contribution in [0, 0.1) is 5.92 Å². The lowest BCUT2D eigenvalue weighted by molar-refractivity contribution is 0.374. The van der Waals surface area contributed by atoms with Gasteiger partial charge in [-0.3, -0.25) is 13.8 Å². The molecule has 1 unspecified atom stereocenters. The third-order valence-electron chi connectivity index (χ3n) is 5.28. The first-order chi connectivity index (χ1) is 15.0. The van der Waals surface area contributed by atoms with E-state index in [2.05, 4.69) is 41.1 Å². The second-order valence-electron chi connectivity index (χ2n) is 8.19. The van der Waals surface area contributed by atoms with Crippen LogP contribution in [-0.2, 0) is 13.0 Å². The van der Waals surface area contributed by atoms with E-state index >= 15 is 0 Å². The number of aryl methyl sites for hydroxylation is 2. The summed E-state index contributed by atoms with van der Waals surface area (Å²) < 4.78 is 9.19. The van der Waals surface area contributed by atoms with Crippen LogP contribution in [0.25, 0.3) is 16.7 Å². The minimum Gasteiger partial charge on any atom is -0.338 e. The average Bonchev–Trinajstić information content (AvgIpc) is 3.39. The van der Waals surface area contributed by atoms with Gasteiger partial charge in [-0.2, -0.15) is 4.98 Å². The molecule has 0 amide bonds. The summed E-state index contributed by atoms with van der Waals surface area (Å²) in [6.07, 6.45) is 3.83. The second-order valence-corrected chi connectivity index (χ2v) is 9.49. The van der Waals surface area contributed by atoms with Gasteiger partial charge in [0, 0.05) is 13.0 Å². The predicted molar refractivity (Wildman–Crippen MR) is 121 cm³/mol. The highest BCUT2D eigenvalue weighted by molar-refractivity contribution is 7.99. The molecule has 0 aliphatic rings. The molecule has 4 aromatic rings. The smallest absolute Gasteiger partial charge is 0.262 e. The lowest BCUT2D eigenvalue weighted by Gasteiger charge is -2.12. The summed E-state index contributed by atoms with van der Waals surface area (Å²) in [7, 11) is 0. The number of thioether (sulfide) groups is 1. The van der Waals surface area contributed by atoms with Crippen molar-refractivity contribution in [3.63, 3.8) is 0 Å². The molecule has 8 nitrogen and oxygen atoms in total. The van der Waals surface area contributed by atoms with Gasteiger partial charge < -0.3 is 4.52 Å². The van der Waals surface area contributed by atoms with Crippen LogP contribution in [-0.4, -0.2) is 29.3 Å². The number of benzene rings is 1. The van der Waals surface area contributed by atoms with Crippen molar-refractivity contribution in [1.82, 2.24) is 29.3 Å². The van der Waals surface area contributed by atoms with Gasteiger partial charge in [-0.1, -0.05) is 56.2 Å². The van der Waals surface area contributed by atoms with Crippen LogP contribution in [0.2, 0.25) is 0 Å². The van der Waals surface area contributed by atoms with Gasteiger partial charge in [0.15, 0.2) is 11.0 Å². The fourth-order valence-electron chi connectivity index (χ4n) is 3.48. The van der Waals surface area contributed by atoms with Crippen molar-refractivity contribution in [2.75, 3.05) is 0 Å². The Bertz CT molecular complexity index is 1240. The zero-order valence-corrected chi connectivity index (χ0v) is 19.2. The number of hydrogen-bond donors (Lipinski definition) is 0. The Labute approximate surface area is 185 Å². The Hall–Kier alpha value is -2.68. The summed E-state index contributed by atoms with van der Waals surface area (Å²) in [5.41, 5.74) is 0.773. The maximum Gasteiger partial charge on any atom is 0.262 e. The summed E-state index contributed by atoms with van der Waals surface area (Å²) in [4.78, 5) is 17.7. The van der Waals surface area contributed by atoms with Gasteiger partial charge in [-0.15, -0.1) is 10.2 Å². The van der Waals surface area contributed by atoms with Gasteiger partial charge >= 0.3 is 0 Å². The van der Waals surface area contributed by atoms with Crippen molar-refractivity contribution in [3.05, 3.63) is 46.3 Å². The molecular weight excluding hydrogens is 412 g/mol. The van der Waals surface area contributed by atoms with Gasteiger partial charge in [-0.05, 0) is 37.8 Å². The molecule has 164 valence electrons. The number of unbranched alkanes of at least 4 members (excludes halogenated alkanes) is 1. The van der Waals surface area contributed by atoms with Crippen molar-refractivity contribution in [3.8, 4) is 0 Å². The maximum absolute atomic E-state index is 13.1. The quantitative estimate of drug-likeness (QED) is 0.349. The maximum atomic E-state index is 13.1. The van der Waals surface area contributed by atoms with Crippen molar-refractivity contribution < 1.29 is 4.52 Å². The zero-order chi connectivity index (χ0) is 22.0. The summed E-state index contributed by atoms with van der Waals surface area (Å²) >= 11 is 1.50. The van der Waals surface area contributed by atoms with E-state index in [4.69, 9.17) is 4.52 Å². The minimum absolute atomic E-state index is 0.0294. The molecule has 0 N–H and O–H groups in total. The molecule has 1 atom stereocenters. The normalized spacial score (nSPS) is 12.9. The molecule has 0 spiro atoms. The Morgan fingerprint density at radius 2 is 1.97 bits per heavy atom. The number of hydrogen-bond acceptors (Lipinski definition) is 7. The fraction of sp³-hybridized carbons (Fsp3) is 0.500. The Balaban J connectivity index is 1.73. The van der Waals surface area contributed by atoms with Crippen LogP contribution in [0.5, 0.6) is 0 Å². The molecule has 0 aliphatic heterocycles. The lowest BCUT2D eigenvalue weighted by Crippen LogP contribution is -2.24. The SMILES string of the molecule is CCCCc1noc(C(C)Sc2nnc3n(CCC(C)C)c(=O)c4ccccc4n23)n1. The van der Waals surface area contributed by atoms with E-state index in [0.29, 0.717) is 34.7 Å². The molecule has 9 heteroatoms. The molecule has 0 aliphatic carbocycles. The zero-order valence-electron chi connectivity index (χ0n) is 18.4. The Kier molecular flexibility index (Phi) is 6.41. The molecule has 0 saturated heterocycles. The highest BCUT2D eigenvalue weighted by Gasteiger charge is 2.22. The first-order valence-electron chi connectivity index (χ1n) is 10.8. The summed E-state index contributed by atoms with van der Waals surface area (Å²) in [5, 5.41) is 14.2. The first kappa shape index (κ1) is 21.5. The van der Waals surface area contributed by atoms with E-state index in [9.17, 15) is 4.79 Å². The van der Waals surface area contributed by atoms with Gasteiger partial charge in [0.25, 0.3) is 5.56 Å². The van der Waals surface area contributed by atoms with Gasteiger partial charge in [0.05, 0.1) is 16.2 Å². The molecular formula is C22H28N6O2S. The molecule has 0 fully saturated rings. The molecule has 0 radical (unpaired) electrons. The molecule has 3 aromatic heterocycles. The van der Waals surface area contributed by atoms with Crippen molar-refractivity contribution in [2.24, 2.45) is 5.92 Å². The van der Waals surface area contributed by atoms with Gasteiger partial charge in [0.2, 0.25) is 11.7 Å². The molecule has 3 heterocycles. The molecule has 0 saturated carbocycles. The van der Waals surface area contributed by atoms with E-state index in [-0.39, 0.29) is 10.8 Å². The number of rotatable bonds is 9. The molecule has 4 rings (SSSR count). The van der Waals surface area contributed by atoms with E-state index in [0.717, 1.165) is 37.0 Å². The summed E-state index contributed by atoms with van der Waals surface area (Å²) in [5.74, 6) is 2.36. The van der Waals surface area contributed by atoms with Gasteiger partial charge in [-0.25, -0.2) is 0 Å². The van der Waals surface area contributed by atoms with Crippen molar-refractivity contribution in [2.45, 2.75) is 70.3 Å². The van der Waals surface area contributed by atoms with Crippen LogP contribution >= 0.6 is 11.8 Å². The van der Waals surface area contributed by atoms with Crippen LogP contribution in [0.4, 0.5) is 0 Å². The average molecular weight is 441 g/mol. The van der Waals surface area contributed by atoms with E-state index in [1.165, 1.54) is 11.8 Å². The summed E-state index contributed by atoms with van der Waals surface area (Å²) in [6.45, 7) is 9.05. The third kappa shape index (κ3) is 4.37. The minimum atomic E-state index is -0.0925. The van der Waals surface area contributed by atoms with E-state index in [1.54, 1.807) is 4.57 Å². The first-order valence-corrected chi connectivity index (χ1v) is 11.7. The Morgan fingerprint density at radius 1 is 1.16 bits per heavy atom. The van der Waals surface area contributed by atoms with E-state index in [1.807, 2.05) is 35.6 Å². The molecule has 31 heavy (non-hydrogen) atoms. The number of para-hydroxylation sites is 1. The summed E-state index contributed by atoms with van der Waals surface area (Å²) in [6, 6.07) is 7.61. The number of fused-ring (bicyclic) bond motifs is 3. The van der Waals surface area contributed by atoms with Crippen LogP contribution in [0.3, 0.4) is 0 Å². The second kappa shape index (κ2) is 9.21. The lowest BCUT2D eigenvalue weighted by atomic mass is 10.1.